The van der Waals surface area contributed by atoms with E-state index >= 15 is 0 Å². The second-order valence-electron chi connectivity index (χ2n) is 3.42. The molecule has 0 aliphatic rings. The first-order chi connectivity index (χ1) is 7.69. The predicted octanol–water partition coefficient (Wildman–Crippen LogP) is 3.11. The molecule has 0 atom stereocenters. The summed E-state index contributed by atoms with van der Waals surface area (Å²) in [6.45, 7) is 2.03. The third kappa shape index (κ3) is 2.31. The van der Waals surface area contributed by atoms with Crippen molar-refractivity contribution in [3.8, 4) is 17.3 Å². The minimum atomic E-state index is 0.377. The molecule has 2 aromatic rings. The molecular formula is C12H11ClN2O. The lowest BCUT2D eigenvalue weighted by molar-refractivity contribution is 0.397. The Morgan fingerprint density at radius 3 is 2.44 bits per heavy atom. The molecule has 0 spiro atoms. The molecule has 1 heterocycles. The van der Waals surface area contributed by atoms with Crippen molar-refractivity contribution in [3.63, 3.8) is 0 Å². The smallest absolute Gasteiger partial charge is 0.218 e. The molecule has 0 radical (unpaired) electrons. The Hall–Kier alpha value is -1.61. The Labute approximate surface area is 99.1 Å². The van der Waals surface area contributed by atoms with Crippen LogP contribution < -0.4 is 4.74 Å². The van der Waals surface area contributed by atoms with Gasteiger partial charge >= 0.3 is 0 Å². The molecule has 0 unspecified atom stereocenters. The number of ether oxygens (including phenoxy) is 1. The van der Waals surface area contributed by atoms with Crippen LogP contribution in [0, 0.1) is 6.92 Å². The summed E-state index contributed by atoms with van der Waals surface area (Å²) in [5.41, 5.74) is 2.11. The molecule has 0 fully saturated rings. The van der Waals surface area contributed by atoms with E-state index in [9.17, 15) is 0 Å². The van der Waals surface area contributed by atoms with E-state index in [1.165, 1.54) is 5.56 Å². The zero-order valence-electron chi connectivity index (χ0n) is 9.07. The van der Waals surface area contributed by atoms with Crippen LogP contribution in [0.15, 0.2) is 30.3 Å². The summed E-state index contributed by atoms with van der Waals surface area (Å²) in [4.78, 5) is 8.39. The SMILES string of the molecule is COc1cc(Cl)nc(-c2ccc(C)cc2)n1. The monoisotopic (exact) mass is 234 g/mol. The van der Waals surface area contributed by atoms with E-state index in [2.05, 4.69) is 9.97 Å². The first kappa shape index (κ1) is 10.9. The number of hydrogen-bond acceptors (Lipinski definition) is 3. The van der Waals surface area contributed by atoms with Crippen LogP contribution in [0.2, 0.25) is 5.15 Å². The fourth-order valence-electron chi connectivity index (χ4n) is 1.33. The molecule has 3 nitrogen and oxygen atoms in total. The number of nitrogens with zero attached hydrogens (tertiary/aromatic N) is 2. The first-order valence-corrected chi connectivity index (χ1v) is 5.22. The molecule has 0 saturated heterocycles. The quantitative estimate of drug-likeness (QED) is 0.749. The fourth-order valence-corrected chi connectivity index (χ4v) is 1.51. The molecule has 82 valence electrons. The van der Waals surface area contributed by atoms with Crippen molar-refractivity contribution in [2.24, 2.45) is 0 Å². The summed E-state index contributed by atoms with van der Waals surface area (Å²) >= 11 is 5.88. The molecule has 0 aliphatic carbocycles. The van der Waals surface area contributed by atoms with Gasteiger partial charge in [-0.25, -0.2) is 4.98 Å². The zero-order chi connectivity index (χ0) is 11.5. The second kappa shape index (κ2) is 4.49. The van der Waals surface area contributed by atoms with Crippen LogP contribution in [-0.4, -0.2) is 17.1 Å². The van der Waals surface area contributed by atoms with Crippen LogP contribution in [0.3, 0.4) is 0 Å². The maximum Gasteiger partial charge on any atom is 0.218 e. The predicted molar refractivity (Wildman–Crippen MR) is 63.8 cm³/mol. The Balaban J connectivity index is 2.47. The highest BCUT2D eigenvalue weighted by molar-refractivity contribution is 6.29. The average Bonchev–Trinajstić information content (AvgIpc) is 2.29. The van der Waals surface area contributed by atoms with Gasteiger partial charge in [-0.3, -0.25) is 0 Å². The van der Waals surface area contributed by atoms with E-state index in [0.29, 0.717) is 16.9 Å². The number of benzene rings is 1. The van der Waals surface area contributed by atoms with Gasteiger partial charge in [0.1, 0.15) is 5.15 Å². The van der Waals surface area contributed by atoms with Crippen molar-refractivity contribution in [3.05, 3.63) is 41.0 Å². The van der Waals surface area contributed by atoms with Gasteiger partial charge in [-0.15, -0.1) is 0 Å². The van der Waals surface area contributed by atoms with Gasteiger partial charge < -0.3 is 4.74 Å². The van der Waals surface area contributed by atoms with Crippen molar-refractivity contribution in [2.45, 2.75) is 6.92 Å². The largest absolute Gasteiger partial charge is 0.481 e. The highest BCUT2D eigenvalue weighted by atomic mass is 35.5. The molecule has 16 heavy (non-hydrogen) atoms. The molecule has 1 aromatic heterocycles. The third-order valence-electron chi connectivity index (χ3n) is 2.19. The molecular weight excluding hydrogens is 224 g/mol. The summed E-state index contributed by atoms with van der Waals surface area (Å²) in [6.07, 6.45) is 0. The summed E-state index contributed by atoms with van der Waals surface area (Å²) < 4.78 is 5.05. The summed E-state index contributed by atoms with van der Waals surface area (Å²) in [5.74, 6) is 1.04. The van der Waals surface area contributed by atoms with E-state index < -0.39 is 0 Å². The maximum atomic E-state index is 5.88. The lowest BCUT2D eigenvalue weighted by atomic mass is 10.1. The van der Waals surface area contributed by atoms with Gasteiger partial charge in [0.25, 0.3) is 0 Å². The van der Waals surface area contributed by atoms with Crippen molar-refractivity contribution in [2.75, 3.05) is 7.11 Å². The van der Waals surface area contributed by atoms with Crippen LogP contribution in [0.25, 0.3) is 11.4 Å². The number of aryl methyl sites for hydroxylation is 1. The first-order valence-electron chi connectivity index (χ1n) is 4.84. The Morgan fingerprint density at radius 1 is 1.12 bits per heavy atom. The van der Waals surface area contributed by atoms with Gasteiger partial charge in [-0.05, 0) is 6.92 Å². The van der Waals surface area contributed by atoms with Crippen molar-refractivity contribution >= 4 is 11.6 Å². The fraction of sp³-hybridized carbons (Fsp3) is 0.167. The van der Waals surface area contributed by atoms with Crippen LogP contribution in [0.5, 0.6) is 5.88 Å². The van der Waals surface area contributed by atoms with Gasteiger partial charge in [-0.1, -0.05) is 41.4 Å². The van der Waals surface area contributed by atoms with Gasteiger partial charge in [0.15, 0.2) is 5.82 Å². The molecule has 0 amide bonds. The van der Waals surface area contributed by atoms with Gasteiger partial charge in [0, 0.05) is 11.6 Å². The Morgan fingerprint density at radius 2 is 1.81 bits per heavy atom. The van der Waals surface area contributed by atoms with Crippen LogP contribution in [0.1, 0.15) is 5.56 Å². The lowest BCUT2D eigenvalue weighted by Gasteiger charge is -2.04. The molecule has 0 N–H and O–H groups in total. The third-order valence-corrected chi connectivity index (χ3v) is 2.38. The molecule has 0 saturated carbocycles. The van der Waals surface area contributed by atoms with E-state index in [0.717, 1.165) is 5.56 Å². The number of halogens is 1. The lowest BCUT2D eigenvalue weighted by Crippen LogP contribution is -1.94. The molecule has 0 bridgehead atoms. The topological polar surface area (TPSA) is 35.0 Å². The second-order valence-corrected chi connectivity index (χ2v) is 3.81. The van der Waals surface area contributed by atoms with Crippen molar-refractivity contribution in [1.29, 1.82) is 0 Å². The number of methoxy groups -OCH3 is 1. The minimum absolute atomic E-state index is 0.377. The zero-order valence-corrected chi connectivity index (χ0v) is 9.82. The van der Waals surface area contributed by atoms with Crippen LogP contribution in [-0.2, 0) is 0 Å². The van der Waals surface area contributed by atoms with Gasteiger partial charge in [-0.2, -0.15) is 4.98 Å². The number of aromatic nitrogens is 2. The van der Waals surface area contributed by atoms with Crippen LogP contribution >= 0.6 is 11.6 Å². The van der Waals surface area contributed by atoms with Crippen molar-refractivity contribution in [1.82, 2.24) is 9.97 Å². The minimum Gasteiger partial charge on any atom is -0.481 e. The summed E-state index contributed by atoms with van der Waals surface area (Å²) in [5, 5.41) is 0.377. The summed E-state index contributed by atoms with van der Waals surface area (Å²) in [6, 6.07) is 9.51. The Kier molecular flexibility index (Phi) is 3.06. The highest BCUT2D eigenvalue weighted by Crippen LogP contribution is 2.21. The standard InChI is InChI=1S/C12H11ClN2O/c1-8-3-5-9(6-4-8)12-14-10(13)7-11(15-12)16-2/h3-7H,1-2H3. The van der Waals surface area contributed by atoms with Gasteiger partial charge in [0.2, 0.25) is 5.88 Å². The average molecular weight is 235 g/mol. The molecule has 2 rings (SSSR count). The van der Waals surface area contributed by atoms with E-state index in [4.69, 9.17) is 16.3 Å². The highest BCUT2D eigenvalue weighted by Gasteiger charge is 2.05. The number of rotatable bonds is 2. The number of hydrogen-bond donors (Lipinski definition) is 0. The van der Waals surface area contributed by atoms with E-state index in [1.807, 2.05) is 31.2 Å². The Bertz CT molecular complexity index is 497. The van der Waals surface area contributed by atoms with E-state index in [-0.39, 0.29) is 0 Å². The summed E-state index contributed by atoms with van der Waals surface area (Å²) in [7, 11) is 1.55. The van der Waals surface area contributed by atoms with Crippen molar-refractivity contribution < 1.29 is 4.74 Å². The van der Waals surface area contributed by atoms with Gasteiger partial charge in [0.05, 0.1) is 7.11 Å². The molecule has 4 heteroatoms. The van der Waals surface area contributed by atoms with E-state index in [1.54, 1.807) is 13.2 Å². The maximum absolute atomic E-state index is 5.88. The molecule has 1 aromatic carbocycles. The van der Waals surface area contributed by atoms with Crippen LogP contribution in [0.4, 0.5) is 0 Å². The molecule has 0 aliphatic heterocycles. The normalized spacial score (nSPS) is 10.2.